The molecule has 3 rings (SSSR count). The summed E-state index contributed by atoms with van der Waals surface area (Å²) in [5.74, 6) is 1.57. The van der Waals surface area contributed by atoms with Gasteiger partial charge in [-0.1, -0.05) is 24.3 Å². The molecule has 94 valence electrons. The Bertz CT molecular complexity index is 481. The SMILES string of the molecule is O=[N+]([O-])c1ccc(CNC2CC3CC=CC32)cc1. The summed E-state index contributed by atoms with van der Waals surface area (Å²) >= 11 is 0. The van der Waals surface area contributed by atoms with Gasteiger partial charge in [0.05, 0.1) is 4.92 Å². The van der Waals surface area contributed by atoms with Crippen LogP contribution in [0.4, 0.5) is 5.69 Å². The Morgan fingerprint density at radius 2 is 2.11 bits per heavy atom. The molecule has 1 aromatic rings. The van der Waals surface area contributed by atoms with Crippen LogP contribution < -0.4 is 5.32 Å². The molecule has 18 heavy (non-hydrogen) atoms. The molecule has 1 N–H and O–H groups in total. The number of hydrogen-bond acceptors (Lipinski definition) is 3. The summed E-state index contributed by atoms with van der Waals surface area (Å²) in [4.78, 5) is 10.2. The molecule has 0 radical (unpaired) electrons. The maximum atomic E-state index is 10.5. The van der Waals surface area contributed by atoms with Crippen molar-refractivity contribution in [2.45, 2.75) is 25.4 Å². The molecule has 2 aliphatic carbocycles. The minimum absolute atomic E-state index is 0.154. The van der Waals surface area contributed by atoms with Gasteiger partial charge in [0.25, 0.3) is 5.69 Å². The van der Waals surface area contributed by atoms with Crippen LogP contribution in [0.25, 0.3) is 0 Å². The average molecular weight is 244 g/mol. The second kappa shape index (κ2) is 4.53. The van der Waals surface area contributed by atoms with Crippen molar-refractivity contribution in [3.8, 4) is 0 Å². The molecule has 0 bridgehead atoms. The first-order valence-electron chi connectivity index (χ1n) is 6.37. The summed E-state index contributed by atoms with van der Waals surface area (Å²) in [6.07, 6.45) is 7.09. The van der Waals surface area contributed by atoms with E-state index in [9.17, 15) is 10.1 Å². The van der Waals surface area contributed by atoms with Gasteiger partial charge in [0.1, 0.15) is 0 Å². The Kier molecular flexibility index (Phi) is 2.88. The van der Waals surface area contributed by atoms with Gasteiger partial charge in [-0.05, 0) is 30.2 Å². The topological polar surface area (TPSA) is 55.2 Å². The molecule has 3 unspecified atom stereocenters. The number of fused-ring (bicyclic) bond motifs is 1. The highest BCUT2D eigenvalue weighted by Gasteiger charge is 2.40. The number of allylic oxidation sites excluding steroid dienone is 1. The van der Waals surface area contributed by atoms with Crippen LogP contribution in [0.5, 0.6) is 0 Å². The molecule has 0 aliphatic heterocycles. The summed E-state index contributed by atoms with van der Waals surface area (Å²) in [6, 6.07) is 7.37. The molecular weight excluding hydrogens is 228 g/mol. The van der Waals surface area contributed by atoms with Crippen molar-refractivity contribution in [1.82, 2.24) is 5.32 Å². The van der Waals surface area contributed by atoms with Crippen LogP contribution in [0, 0.1) is 22.0 Å². The number of rotatable bonds is 4. The first-order valence-corrected chi connectivity index (χ1v) is 6.37. The summed E-state index contributed by atoms with van der Waals surface area (Å²) in [7, 11) is 0. The van der Waals surface area contributed by atoms with Crippen molar-refractivity contribution in [3.05, 3.63) is 52.1 Å². The first kappa shape index (κ1) is 11.4. The summed E-state index contributed by atoms with van der Waals surface area (Å²) in [5.41, 5.74) is 1.26. The van der Waals surface area contributed by atoms with Crippen LogP contribution >= 0.6 is 0 Å². The molecule has 0 saturated heterocycles. The molecule has 1 aromatic carbocycles. The number of non-ortho nitro benzene ring substituents is 1. The van der Waals surface area contributed by atoms with Crippen molar-refractivity contribution in [2.24, 2.45) is 11.8 Å². The smallest absolute Gasteiger partial charge is 0.269 e. The normalized spacial score (nSPS) is 28.8. The fourth-order valence-electron chi connectivity index (χ4n) is 2.93. The van der Waals surface area contributed by atoms with E-state index in [1.54, 1.807) is 12.1 Å². The van der Waals surface area contributed by atoms with Gasteiger partial charge in [-0.3, -0.25) is 10.1 Å². The van der Waals surface area contributed by atoms with Gasteiger partial charge in [-0.2, -0.15) is 0 Å². The van der Waals surface area contributed by atoms with Gasteiger partial charge in [0.2, 0.25) is 0 Å². The standard InChI is InChI=1S/C14H16N2O2/c17-16(18)12-6-4-10(5-7-12)9-15-14-8-11-2-1-3-13(11)14/h1,3-7,11,13-15H,2,8-9H2. The molecule has 4 heteroatoms. The van der Waals surface area contributed by atoms with Crippen LogP contribution in [0.3, 0.4) is 0 Å². The Balaban J connectivity index is 1.54. The lowest BCUT2D eigenvalue weighted by Gasteiger charge is -2.40. The summed E-state index contributed by atoms with van der Waals surface area (Å²) in [5, 5.41) is 14.1. The van der Waals surface area contributed by atoms with Gasteiger partial charge in [-0.15, -0.1) is 0 Å². The third kappa shape index (κ3) is 2.04. The van der Waals surface area contributed by atoms with E-state index in [0.717, 1.165) is 18.0 Å². The molecule has 1 fully saturated rings. The van der Waals surface area contributed by atoms with Crippen molar-refractivity contribution < 1.29 is 4.92 Å². The highest BCUT2D eigenvalue weighted by Crippen LogP contribution is 2.42. The van der Waals surface area contributed by atoms with Crippen LogP contribution in [0.1, 0.15) is 18.4 Å². The van der Waals surface area contributed by atoms with Crippen molar-refractivity contribution in [1.29, 1.82) is 0 Å². The maximum absolute atomic E-state index is 10.5. The zero-order valence-electron chi connectivity index (χ0n) is 10.1. The van der Waals surface area contributed by atoms with Crippen molar-refractivity contribution in [2.75, 3.05) is 0 Å². The molecule has 3 atom stereocenters. The Hall–Kier alpha value is -1.68. The zero-order valence-corrected chi connectivity index (χ0v) is 10.1. The number of hydrogen-bond donors (Lipinski definition) is 1. The second-order valence-corrected chi connectivity index (χ2v) is 5.15. The lowest BCUT2D eigenvalue weighted by Crippen LogP contribution is -2.47. The van der Waals surface area contributed by atoms with E-state index in [4.69, 9.17) is 0 Å². The minimum atomic E-state index is -0.364. The molecule has 0 amide bonds. The van der Waals surface area contributed by atoms with E-state index in [2.05, 4.69) is 17.5 Å². The van der Waals surface area contributed by atoms with E-state index < -0.39 is 0 Å². The fourth-order valence-corrected chi connectivity index (χ4v) is 2.93. The largest absolute Gasteiger partial charge is 0.309 e. The summed E-state index contributed by atoms with van der Waals surface area (Å²) in [6.45, 7) is 0.791. The molecule has 4 nitrogen and oxygen atoms in total. The van der Waals surface area contributed by atoms with E-state index in [-0.39, 0.29) is 10.6 Å². The third-order valence-electron chi connectivity index (χ3n) is 4.08. The Morgan fingerprint density at radius 3 is 2.78 bits per heavy atom. The van der Waals surface area contributed by atoms with Crippen molar-refractivity contribution in [3.63, 3.8) is 0 Å². The lowest BCUT2D eigenvalue weighted by molar-refractivity contribution is -0.384. The predicted octanol–water partition coefficient (Wildman–Crippen LogP) is 2.65. The van der Waals surface area contributed by atoms with E-state index >= 15 is 0 Å². The fraction of sp³-hybridized carbons (Fsp3) is 0.429. The Morgan fingerprint density at radius 1 is 1.33 bits per heavy atom. The zero-order chi connectivity index (χ0) is 12.5. The number of nitro benzene ring substituents is 1. The number of benzene rings is 1. The molecule has 0 aromatic heterocycles. The summed E-state index contributed by atoms with van der Waals surface area (Å²) < 4.78 is 0. The van der Waals surface area contributed by atoms with Crippen LogP contribution in [0.2, 0.25) is 0 Å². The van der Waals surface area contributed by atoms with Crippen LogP contribution in [-0.4, -0.2) is 11.0 Å². The number of nitrogens with zero attached hydrogens (tertiary/aromatic N) is 1. The number of nitrogens with one attached hydrogen (secondary N) is 1. The molecule has 0 spiro atoms. The first-order chi connectivity index (χ1) is 8.74. The van der Waals surface area contributed by atoms with E-state index in [1.807, 2.05) is 12.1 Å². The van der Waals surface area contributed by atoms with Crippen LogP contribution in [-0.2, 0) is 6.54 Å². The van der Waals surface area contributed by atoms with E-state index in [0.29, 0.717) is 12.0 Å². The van der Waals surface area contributed by atoms with Gasteiger partial charge in [0.15, 0.2) is 0 Å². The highest BCUT2D eigenvalue weighted by molar-refractivity contribution is 5.32. The Labute approximate surface area is 106 Å². The van der Waals surface area contributed by atoms with Crippen LogP contribution in [0.15, 0.2) is 36.4 Å². The van der Waals surface area contributed by atoms with Crippen molar-refractivity contribution >= 4 is 5.69 Å². The molecule has 2 aliphatic rings. The monoisotopic (exact) mass is 244 g/mol. The maximum Gasteiger partial charge on any atom is 0.269 e. The van der Waals surface area contributed by atoms with E-state index in [1.165, 1.54) is 12.8 Å². The minimum Gasteiger partial charge on any atom is -0.309 e. The molecule has 1 saturated carbocycles. The van der Waals surface area contributed by atoms with Gasteiger partial charge in [-0.25, -0.2) is 0 Å². The predicted molar refractivity (Wildman–Crippen MR) is 69.1 cm³/mol. The number of nitro groups is 1. The molecule has 0 heterocycles. The average Bonchev–Trinajstić information content (AvgIpc) is 2.72. The third-order valence-corrected chi connectivity index (χ3v) is 4.08. The van der Waals surface area contributed by atoms with Gasteiger partial charge >= 0.3 is 0 Å². The van der Waals surface area contributed by atoms with Gasteiger partial charge < -0.3 is 5.32 Å². The second-order valence-electron chi connectivity index (χ2n) is 5.15. The lowest BCUT2D eigenvalue weighted by atomic mass is 9.71. The molecular formula is C14H16N2O2. The quantitative estimate of drug-likeness (QED) is 0.503. The highest BCUT2D eigenvalue weighted by atomic mass is 16.6. The van der Waals surface area contributed by atoms with Gasteiger partial charge in [0, 0.05) is 24.7 Å².